The predicted octanol–water partition coefficient (Wildman–Crippen LogP) is 4.02. The van der Waals surface area contributed by atoms with Crippen LogP contribution in [0.3, 0.4) is 0 Å². The summed E-state index contributed by atoms with van der Waals surface area (Å²) in [5.41, 5.74) is 11.7. The van der Waals surface area contributed by atoms with Crippen molar-refractivity contribution in [2.45, 2.75) is 57.5 Å². The molecule has 0 bridgehead atoms. The molecule has 0 radical (unpaired) electrons. The van der Waals surface area contributed by atoms with Gasteiger partial charge in [0.25, 0.3) is 0 Å². The quantitative estimate of drug-likeness (QED) is 0.616. The Morgan fingerprint density at radius 3 is 2.70 bits per heavy atom. The van der Waals surface area contributed by atoms with Crippen LogP contribution in [0.5, 0.6) is 0 Å². The third-order valence-corrected chi connectivity index (χ3v) is 5.37. The van der Waals surface area contributed by atoms with Crippen LogP contribution in [0.15, 0.2) is 24.7 Å². The molecule has 1 fully saturated rings. The lowest BCUT2D eigenvalue weighted by Crippen LogP contribution is -2.33. The van der Waals surface area contributed by atoms with E-state index in [2.05, 4.69) is 33.4 Å². The molecule has 0 amide bonds. The minimum Gasteiger partial charge on any atom is -0.381 e. The third kappa shape index (κ3) is 4.12. The van der Waals surface area contributed by atoms with E-state index in [9.17, 15) is 0 Å². The van der Waals surface area contributed by atoms with Crippen molar-refractivity contribution in [1.29, 1.82) is 0 Å². The van der Waals surface area contributed by atoms with Crippen LogP contribution in [0.2, 0.25) is 0 Å². The maximum atomic E-state index is 6.09. The van der Waals surface area contributed by atoms with E-state index in [4.69, 9.17) is 5.73 Å². The SMILES string of the molecule is CCCc1cc2c(NC3CCC(N)CC3)c(-c3cnn(C)c3)cnc2[nH]1.Cl. The number of nitrogens with one attached hydrogen (secondary N) is 2. The normalized spacial score (nSPS) is 19.8. The molecule has 3 aromatic heterocycles. The molecule has 6 nitrogen and oxygen atoms in total. The van der Waals surface area contributed by atoms with Crippen molar-refractivity contribution in [3.8, 4) is 11.1 Å². The molecule has 0 atom stereocenters. The molecule has 7 heteroatoms. The standard InChI is InChI=1S/C20H28N6.ClH/c1-3-4-16-9-17-19(24-15-7-5-14(21)6-8-15)18(11-22-20(17)25-16)13-10-23-26(2)12-13;/h9-12,14-15H,3-8,21H2,1-2H3,(H2,22,24,25);1H. The van der Waals surface area contributed by atoms with Crippen molar-refractivity contribution in [2.75, 3.05) is 5.32 Å². The lowest BCUT2D eigenvalue weighted by molar-refractivity contribution is 0.411. The van der Waals surface area contributed by atoms with Gasteiger partial charge in [0.15, 0.2) is 0 Å². The Bertz CT molecular complexity index is 891. The van der Waals surface area contributed by atoms with Crippen LogP contribution >= 0.6 is 12.4 Å². The number of hydrogen-bond acceptors (Lipinski definition) is 4. The molecule has 0 saturated heterocycles. The number of halogens is 1. The lowest BCUT2D eigenvalue weighted by Gasteiger charge is -2.28. The van der Waals surface area contributed by atoms with E-state index in [-0.39, 0.29) is 12.4 Å². The van der Waals surface area contributed by atoms with E-state index in [1.54, 1.807) is 0 Å². The highest BCUT2D eigenvalue weighted by Gasteiger charge is 2.22. The molecule has 27 heavy (non-hydrogen) atoms. The van der Waals surface area contributed by atoms with Crippen molar-refractivity contribution in [2.24, 2.45) is 12.8 Å². The van der Waals surface area contributed by atoms with E-state index >= 15 is 0 Å². The maximum absolute atomic E-state index is 6.09. The van der Waals surface area contributed by atoms with Gasteiger partial charge in [0.05, 0.1) is 11.9 Å². The Hall–Kier alpha value is -2.05. The number of anilines is 1. The van der Waals surface area contributed by atoms with Gasteiger partial charge in [-0.15, -0.1) is 12.4 Å². The number of nitrogens with two attached hydrogens (primary N) is 1. The first-order valence-electron chi connectivity index (χ1n) is 9.65. The third-order valence-electron chi connectivity index (χ3n) is 5.37. The van der Waals surface area contributed by atoms with Gasteiger partial charge in [-0.05, 0) is 38.2 Å². The number of hydrogen-bond donors (Lipinski definition) is 3. The zero-order valence-corrected chi connectivity index (χ0v) is 16.9. The number of rotatable bonds is 5. The fourth-order valence-electron chi connectivity index (χ4n) is 3.94. The molecule has 3 heterocycles. The van der Waals surface area contributed by atoms with Crippen molar-refractivity contribution in [1.82, 2.24) is 19.7 Å². The summed E-state index contributed by atoms with van der Waals surface area (Å²) in [7, 11) is 1.95. The Labute approximate surface area is 166 Å². The average Bonchev–Trinajstić information content (AvgIpc) is 3.23. The largest absolute Gasteiger partial charge is 0.381 e. The highest BCUT2D eigenvalue weighted by molar-refractivity contribution is 5.98. The first-order chi connectivity index (χ1) is 12.6. The Morgan fingerprint density at radius 1 is 1.26 bits per heavy atom. The molecule has 146 valence electrons. The number of pyridine rings is 1. The van der Waals surface area contributed by atoms with E-state index < -0.39 is 0 Å². The highest BCUT2D eigenvalue weighted by atomic mass is 35.5. The van der Waals surface area contributed by atoms with Gasteiger partial charge < -0.3 is 16.0 Å². The molecule has 0 unspecified atom stereocenters. The monoisotopic (exact) mass is 388 g/mol. The van der Waals surface area contributed by atoms with Gasteiger partial charge in [0, 0.05) is 53.7 Å². The van der Waals surface area contributed by atoms with Gasteiger partial charge in [0.2, 0.25) is 0 Å². The Morgan fingerprint density at radius 2 is 2.04 bits per heavy atom. The number of aryl methyl sites for hydroxylation is 2. The number of fused-ring (bicyclic) bond motifs is 1. The summed E-state index contributed by atoms with van der Waals surface area (Å²) < 4.78 is 1.84. The first-order valence-corrected chi connectivity index (χ1v) is 9.65. The van der Waals surface area contributed by atoms with Crippen LogP contribution in [0.1, 0.15) is 44.7 Å². The molecule has 1 aliphatic rings. The van der Waals surface area contributed by atoms with Crippen LogP contribution < -0.4 is 11.1 Å². The van der Waals surface area contributed by atoms with Crippen LogP contribution in [0.25, 0.3) is 22.2 Å². The lowest BCUT2D eigenvalue weighted by atomic mass is 9.91. The number of H-pyrrole nitrogens is 1. The van der Waals surface area contributed by atoms with Crippen molar-refractivity contribution in [3.63, 3.8) is 0 Å². The molecule has 0 aromatic carbocycles. The van der Waals surface area contributed by atoms with E-state index in [1.807, 2.05) is 30.3 Å². The van der Waals surface area contributed by atoms with E-state index in [0.717, 1.165) is 55.3 Å². The second-order valence-electron chi connectivity index (χ2n) is 7.51. The molecule has 0 spiro atoms. The molecule has 0 aliphatic heterocycles. The number of aromatic amines is 1. The minimum absolute atomic E-state index is 0. The van der Waals surface area contributed by atoms with Crippen molar-refractivity contribution in [3.05, 3.63) is 30.4 Å². The number of nitrogens with zero attached hydrogens (tertiary/aromatic N) is 3. The summed E-state index contributed by atoms with van der Waals surface area (Å²) in [4.78, 5) is 8.16. The molecule has 1 aliphatic carbocycles. The molecule has 1 saturated carbocycles. The van der Waals surface area contributed by atoms with Crippen LogP contribution in [-0.2, 0) is 13.5 Å². The van der Waals surface area contributed by atoms with Gasteiger partial charge in [-0.3, -0.25) is 4.68 Å². The summed E-state index contributed by atoms with van der Waals surface area (Å²) in [6.07, 6.45) is 12.5. The molecule has 3 aromatic rings. The smallest absolute Gasteiger partial charge is 0.139 e. The Balaban J connectivity index is 0.00000210. The molecular formula is C20H29ClN6. The average molecular weight is 389 g/mol. The fraction of sp³-hybridized carbons (Fsp3) is 0.500. The minimum atomic E-state index is 0. The van der Waals surface area contributed by atoms with Crippen LogP contribution in [-0.4, -0.2) is 31.8 Å². The fourth-order valence-corrected chi connectivity index (χ4v) is 3.94. The predicted molar refractivity (Wildman–Crippen MR) is 113 cm³/mol. The summed E-state index contributed by atoms with van der Waals surface area (Å²) in [6, 6.07) is 3.06. The second kappa shape index (κ2) is 8.31. The maximum Gasteiger partial charge on any atom is 0.139 e. The van der Waals surface area contributed by atoms with E-state index in [1.165, 1.54) is 16.8 Å². The van der Waals surface area contributed by atoms with Gasteiger partial charge in [-0.2, -0.15) is 5.10 Å². The molecular weight excluding hydrogens is 360 g/mol. The van der Waals surface area contributed by atoms with Gasteiger partial charge in [-0.1, -0.05) is 13.3 Å². The summed E-state index contributed by atoms with van der Waals surface area (Å²) >= 11 is 0. The number of aromatic nitrogens is 4. The molecule has 4 rings (SSSR count). The van der Waals surface area contributed by atoms with Crippen LogP contribution in [0, 0.1) is 0 Å². The molecule has 4 N–H and O–H groups in total. The summed E-state index contributed by atoms with van der Waals surface area (Å²) in [6.45, 7) is 2.20. The Kier molecular flexibility index (Phi) is 6.07. The van der Waals surface area contributed by atoms with Gasteiger partial charge in [0.1, 0.15) is 5.65 Å². The van der Waals surface area contributed by atoms with Crippen molar-refractivity contribution >= 4 is 29.1 Å². The highest BCUT2D eigenvalue weighted by Crippen LogP contribution is 2.36. The van der Waals surface area contributed by atoms with Crippen molar-refractivity contribution < 1.29 is 0 Å². The van der Waals surface area contributed by atoms with E-state index in [0.29, 0.717) is 12.1 Å². The van der Waals surface area contributed by atoms with Gasteiger partial charge >= 0.3 is 0 Å². The first kappa shape index (κ1) is 19.7. The zero-order valence-electron chi connectivity index (χ0n) is 16.0. The van der Waals surface area contributed by atoms with Gasteiger partial charge in [-0.25, -0.2) is 4.98 Å². The summed E-state index contributed by atoms with van der Waals surface area (Å²) in [5.74, 6) is 0. The van der Waals surface area contributed by atoms with Crippen LogP contribution in [0.4, 0.5) is 5.69 Å². The topological polar surface area (TPSA) is 84.5 Å². The summed E-state index contributed by atoms with van der Waals surface area (Å²) in [5, 5.41) is 9.34. The zero-order chi connectivity index (χ0) is 18.1. The second-order valence-corrected chi connectivity index (χ2v) is 7.51.